The smallest absolute Gasteiger partial charge is 0.176 e. The predicted molar refractivity (Wildman–Crippen MR) is 78.0 cm³/mol. The standard InChI is InChI=1S/C16H23NO3/c1-3-13-4-6-14(7-5-13)16(19)10-17-8-12(2)20-15(9-17)11-18/h4-7,12,15,18H,3,8-11H2,1-2H3. The second-order valence-electron chi connectivity index (χ2n) is 5.42. The van der Waals surface area contributed by atoms with Gasteiger partial charge in [-0.3, -0.25) is 9.69 Å². The number of ether oxygens (including phenoxy) is 1. The third-order valence-electron chi connectivity index (χ3n) is 3.66. The molecule has 2 rings (SSSR count). The minimum atomic E-state index is -0.186. The van der Waals surface area contributed by atoms with Crippen LogP contribution in [0.2, 0.25) is 0 Å². The lowest BCUT2D eigenvalue weighted by Crippen LogP contribution is -2.49. The van der Waals surface area contributed by atoms with Crippen molar-refractivity contribution >= 4 is 5.78 Å². The van der Waals surface area contributed by atoms with E-state index in [9.17, 15) is 9.90 Å². The molecule has 1 aliphatic heterocycles. The highest BCUT2D eigenvalue weighted by atomic mass is 16.5. The molecule has 2 atom stereocenters. The van der Waals surface area contributed by atoms with E-state index in [-0.39, 0.29) is 24.6 Å². The number of carbonyl (C=O) groups excluding carboxylic acids is 1. The Hall–Kier alpha value is -1.23. The zero-order valence-electron chi connectivity index (χ0n) is 12.2. The average Bonchev–Trinajstić information content (AvgIpc) is 2.46. The molecule has 1 aromatic carbocycles. The zero-order chi connectivity index (χ0) is 14.5. The molecule has 4 heteroatoms. The van der Waals surface area contributed by atoms with Gasteiger partial charge in [0.15, 0.2) is 5.78 Å². The quantitative estimate of drug-likeness (QED) is 0.829. The number of hydrogen-bond acceptors (Lipinski definition) is 4. The lowest BCUT2D eigenvalue weighted by Gasteiger charge is -2.35. The molecule has 0 aromatic heterocycles. The van der Waals surface area contributed by atoms with Gasteiger partial charge in [0.05, 0.1) is 25.4 Å². The fourth-order valence-corrected chi connectivity index (χ4v) is 2.59. The first-order chi connectivity index (χ1) is 9.62. The Labute approximate surface area is 120 Å². The van der Waals surface area contributed by atoms with Gasteiger partial charge in [0.25, 0.3) is 0 Å². The van der Waals surface area contributed by atoms with Crippen LogP contribution in [0.15, 0.2) is 24.3 Å². The van der Waals surface area contributed by atoms with E-state index >= 15 is 0 Å². The number of benzene rings is 1. The number of ketones is 1. The third kappa shape index (κ3) is 3.88. The van der Waals surface area contributed by atoms with Gasteiger partial charge in [-0.2, -0.15) is 0 Å². The van der Waals surface area contributed by atoms with Crippen LogP contribution < -0.4 is 0 Å². The molecular weight excluding hydrogens is 254 g/mol. The van der Waals surface area contributed by atoms with Gasteiger partial charge in [-0.05, 0) is 18.9 Å². The second kappa shape index (κ2) is 6.97. The van der Waals surface area contributed by atoms with Crippen molar-refractivity contribution in [3.05, 3.63) is 35.4 Å². The lowest BCUT2D eigenvalue weighted by atomic mass is 10.1. The highest BCUT2D eigenvalue weighted by Crippen LogP contribution is 2.12. The summed E-state index contributed by atoms with van der Waals surface area (Å²) in [5.41, 5.74) is 1.99. The van der Waals surface area contributed by atoms with Crippen LogP contribution in [0.3, 0.4) is 0 Å². The number of aryl methyl sites for hydroxylation is 1. The summed E-state index contributed by atoms with van der Waals surface area (Å²) < 4.78 is 5.58. The van der Waals surface area contributed by atoms with Crippen molar-refractivity contribution in [1.29, 1.82) is 0 Å². The molecule has 1 saturated heterocycles. The Morgan fingerprint density at radius 2 is 2.05 bits per heavy atom. The lowest BCUT2D eigenvalue weighted by molar-refractivity contribution is -0.0926. The van der Waals surface area contributed by atoms with E-state index < -0.39 is 0 Å². The van der Waals surface area contributed by atoms with Crippen LogP contribution in [-0.2, 0) is 11.2 Å². The SMILES string of the molecule is CCc1ccc(C(=O)CN2CC(C)OC(CO)C2)cc1. The summed E-state index contributed by atoms with van der Waals surface area (Å²) in [5, 5.41) is 9.20. The topological polar surface area (TPSA) is 49.8 Å². The predicted octanol–water partition coefficient (Wildman–Crippen LogP) is 1.51. The normalized spacial score (nSPS) is 23.8. The minimum Gasteiger partial charge on any atom is -0.394 e. The molecule has 1 fully saturated rings. The van der Waals surface area contributed by atoms with Gasteiger partial charge in [0, 0.05) is 18.7 Å². The molecule has 1 heterocycles. The van der Waals surface area contributed by atoms with Gasteiger partial charge in [-0.1, -0.05) is 31.2 Å². The van der Waals surface area contributed by atoms with Crippen molar-refractivity contribution in [2.45, 2.75) is 32.5 Å². The molecule has 1 N–H and O–H groups in total. The van der Waals surface area contributed by atoms with Gasteiger partial charge in [-0.25, -0.2) is 0 Å². The molecule has 0 radical (unpaired) electrons. The van der Waals surface area contributed by atoms with E-state index in [2.05, 4.69) is 11.8 Å². The highest BCUT2D eigenvalue weighted by Gasteiger charge is 2.26. The average molecular weight is 277 g/mol. The number of carbonyl (C=O) groups is 1. The van der Waals surface area contributed by atoms with Crippen LogP contribution in [-0.4, -0.2) is 54.2 Å². The van der Waals surface area contributed by atoms with Crippen molar-refractivity contribution in [3.8, 4) is 0 Å². The van der Waals surface area contributed by atoms with Crippen LogP contribution in [0.4, 0.5) is 0 Å². The summed E-state index contributed by atoms with van der Waals surface area (Å²) in [4.78, 5) is 14.3. The van der Waals surface area contributed by atoms with Gasteiger partial charge in [-0.15, -0.1) is 0 Å². The van der Waals surface area contributed by atoms with E-state index in [1.54, 1.807) is 0 Å². The van der Waals surface area contributed by atoms with Crippen molar-refractivity contribution in [2.24, 2.45) is 0 Å². The molecule has 0 bridgehead atoms. The molecule has 4 nitrogen and oxygen atoms in total. The summed E-state index contributed by atoms with van der Waals surface area (Å²) in [7, 11) is 0. The van der Waals surface area contributed by atoms with Crippen molar-refractivity contribution in [2.75, 3.05) is 26.2 Å². The van der Waals surface area contributed by atoms with Gasteiger partial charge in [0.2, 0.25) is 0 Å². The van der Waals surface area contributed by atoms with E-state index in [1.165, 1.54) is 5.56 Å². The number of Topliss-reactive ketones (excluding diaryl/α,β-unsaturated/α-hetero) is 1. The highest BCUT2D eigenvalue weighted by molar-refractivity contribution is 5.97. The van der Waals surface area contributed by atoms with Gasteiger partial charge >= 0.3 is 0 Å². The Balaban J connectivity index is 1.96. The van der Waals surface area contributed by atoms with Gasteiger partial charge < -0.3 is 9.84 Å². The number of hydrogen-bond donors (Lipinski definition) is 1. The number of aliphatic hydroxyl groups is 1. The van der Waals surface area contributed by atoms with Crippen LogP contribution in [0, 0.1) is 0 Å². The van der Waals surface area contributed by atoms with Crippen LogP contribution in [0.1, 0.15) is 29.8 Å². The summed E-state index contributed by atoms with van der Waals surface area (Å²) in [6.45, 7) is 5.79. The van der Waals surface area contributed by atoms with E-state index in [1.807, 2.05) is 31.2 Å². The molecule has 2 unspecified atom stereocenters. The number of rotatable bonds is 5. The number of nitrogens with zero attached hydrogens (tertiary/aromatic N) is 1. The third-order valence-corrected chi connectivity index (χ3v) is 3.66. The first-order valence-electron chi connectivity index (χ1n) is 7.23. The first kappa shape index (κ1) is 15.2. The Morgan fingerprint density at radius 1 is 1.35 bits per heavy atom. The maximum Gasteiger partial charge on any atom is 0.176 e. The first-order valence-corrected chi connectivity index (χ1v) is 7.23. The molecule has 0 spiro atoms. The van der Waals surface area contributed by atoms with E-state index in [4.69, 9.17) is 4.74 Å². The molecular formula is C16H23NO3. The second-order valence-corrected chi connectivity index (χ2v) is 5.42. The van der Waals surface area contributed by atoms with E-state index in [0.717, 1.165) is 18.5 Å². The zero-order valence-corrected chi connectivity index (χ0v) is 12.2. The van der Waals surface area contributed by atoms with Crippen LogP contribution >= 0.6 is 0 Å². The van der Waals surface area contributed by atoms with Crippen molar-refractivity contribution in [1.82, 2.24) is 4.90 Å². The largest absolute Gasteiger partial charge is 0.394 e. The fourth-order valence-electron chi connectivity index (χ4n) is 2.59. The number of aliphatic hydroxyl groups excluding tert-OH is 1. The minimum absolute atomic E-state index is 0.000226. The molecule has 0 aliphatic carbocycles. The molecule has 1 aliphatic rings. The van der Waals surface area contributed by atoms with Crippen molar-refractivity contribution in [3.63, 3.8) is 0 Å². The fraction of sp³-hybridized carbons (Fsp3) is 0.562. The molecule has 0 saturated carbocycles. The molecule has 110 valence electrons. The maximum absolute atomic E-state index is 12.3. The summed E-state index contributed by atoms with van der Waals surface area (Å²) in [6, 6.07) is 7.81. The van der Waals surface area contributed by atoms with E-state index in [0.29, 0.717) is 13.1 Å². The summed E-state index contributed by atoms with van der Waals surface area (Å²) in [5.74, 6) is 0.124. The Morgan fingerprint density at radius 3 is 2.65 bits per heavy atom. The molecule has 20 heavy (non-hydrogen) atoms. The monoisotopic (exact) mass is 277 g/mol. The Bertz CT molecular complexity index is 444. The van der Waals surface area contributed by atoms with Crippen molar-refractivity contribution < 1.29 is 14.6 Å². The number of morpholine rings is 1. The van der Waals surface area contributed by atoms with Gasteiger partial charge in [0.1, 0.15) is 0 Å². The Kier molecular flexibility index (Phi) is 5.29. The summed E-state index contributed by atoms with van der Waals surface area (Å²) >= 11 is 0. The molecule has 0 amide bonds. The summed E-state index contributed by atoms with van der Waals surface area (Å²) in [6.07, 6.45) is 0.846. The molecule has 1 aromatic rings. The van der Waals surface area contributed by atoms with Crippen LogP contribution in [0.5, 0.6) is 0 Å². The maximum atomic E-state index is 12.3. The van der Waals surface area contributed by atoms with Crippen LogP contribution in [0.25, 0.3) is 0 Å².